The van der Waals surface area contributed by atoms with Gasteiger partial charge in [-0.15, -0.1) is 0 Å². The SMILES string of the molecule is NC(=O)c1c[n+]([C@@H]2O[C@H](COP(=O)(O)OP(=O)(O)OC[C@H]3O[C@@H](n4cnc5c(N)ncnc54)[C@H](O)[C@@H]3O)[C@@H](O)[C@H]2O)ccc1[C@H](O)C(=O)C[C@H](N)C(=O)O. The minimum atomic E-state index is -5.52. The number of nitrogens with two attached hydrogens (primary N) is 3. The second kappa shape index (κ2) is 16.0. The quantitative estimate of drug-likeness (QED) is 0.0479. The number of primary amides is 1. The number of aromatic nitrogens is 5. The number of imidazole rings is 1. The van der Waals surface area contributed by atoms with Crippen LogP contribution in [0.5, 0.6) is 0 Å². The molecule has 296 valence electrons. The maximum atomic E-state index is 12.6. The number of carboxylic acid groups (broad SMARTS) is 1. The molecular weight excluding hydrogens is 774 g/mol. The van der Waals surface area contributed by atoms with Gasteiger partial charge < -0.3 is 67.1 Å². The number of aliphatic carboxylic acids is 1. The van der Waals surface area contributed by atoms with Crippen molar-refractivity contribution in [2.75, 3.05) is 18.9 Å². The zero-order valence-corrected chi connectivity index (χ0v) is 29.1. The third kappa shape index (κ3) is 8.78. The van der Waals surface area contributed by atoms with Crippen LogP contribution in [0, 0.1) is 0 Å². The monoisotopic (exact) mass is 809 g/mol. The summed E-state index contributed by atoms with van der Waals surface area (Å²) < 4.78 is 52.1. The highest BCUT2D eigenvalue weighted by molar-refractivity contribution is 7.61. The molecule has 0 aliphatic carbocycles. The first-order chi connectivity index (χ1) is 25.2. The van der Waals surface area contributed by atoms with Crippen molar-refractivity contribution in [1.29, 1.82) is 0 Å². The second-order valence-electron chi connectivity index (χ2n) is 11.9. The summed E-state index contributed by atoms with van der Waals surface area (Å²) in [7, 11) is -11.0. The molecule has 2 saturated heterocycles. The third-order valence-corrected chi connectivity index (χ3v) is 10.9. The van der Waals surface area contributed by atoms with E-state index in [0.29, 0.717) is 0 Å². The standard InChI is InChI=1S/C26H34N8O18P2/c27-11(26(42)43)3-12(35)16(36)9-1-2-33(4-10(9)22(29)41)24-19(39)17(37)13(50-24)5-48-53(44,45)52-54(46,47)49-6-14-18(38)20(40)25(51-14)34-8-32-15-21(28)30-7-31-23(15)34/h1-2,4,7-8,11,13-14,16-20,24-25,36-40H,3,5-6,27H2,(H6-,28,29,30,31,41,42,43,44,45,46,47)/p+1/t11-,13+,14+,16-,17+,18+,19+,20+,24+,25+/m0/s1. The number of fused-ring (bicyclic) bond motifs is 1. The van der Waals surface area contributed by atoms with Crippen molar-refractivity contribution in [3.05, 3.63) is 42.2 Å². The number of hydrogen-bond donors (Lipinski definition) is 11. The number of aliphatic hydroxyl groups excluding tert-OH is 5. The number of carboxylic acids is 1. The van der Waals surface area contributed by atoms with Gasteiger partial charge in [-0.05, 0) is 0 Å². The van der Waals surface area contributed by atoms with Crippen molar-refractivity contribution in [3.8, 4) is 0 Å². The van der Waals surface area contributed by atoms with Gasteiger partial charge in [0.1, 0.15) is 60.1 Å². The predicted molar refractivity (Wildman–Crippen MR) is 170 cm³/mol. The fourth-order valence-electron chi connectivity index (χ4n) is 5.49. The molecule has 2 unspecified atom stereocenters. The van der Waals surface area contributed by atoms with Crippen LogP contribution in [-0.4, -0.2) is 133 Å². The third-order valence-electron chi connectivity index (χ3n) is 8.26. The first-order valence-electron chi connectivity index (χ1n) is 15.4. The molecule has 5 heterocycles. The van der Waals surface area contributed by atoms with Crippen LogP contribution in [0.1, 0.15) is 40.9 Å². The molecule has 2 fully saturated rings. The number of ketones is 1. The molecule has 0 bridgehead atoms. The molecule has 0 radical (unpaired) electrons. The Morgan fingerprint density at radius 1 is 0.963 bits per heavy atom. The topological polar surface area (TPSA) is 419 Å². The van der Waals surface area contributed by atoms with Crippen molar-refractivity contribution < 1.29 is 91.3 Å². The Hall–Kier alpha value is -3.95. The molecule has 1 amide bonds. The maximum absolute atomic E-state index is 12.6. The number of nitrogens with zero attached hydrogens (tertiary/aromatic N) is 5. The number of Topliss-reactive ketones (excluding diaryl/α,β-unsaturated/α-hetero) is 1. The zero-order valence-electron chi connectivity index (χ0n) is 27.3. The number of pyridine rings is 1. The normalized spacial score (nSPS) is 29.0. The highest BCUT2D eigenvalue weighted by atomic mass is 31.3. The number of nitrogen functional groups attached to an aromatic ring is 1. The summed E-state index contributed by atoms with van der Waals surface area (Å²) in [5.74, 6) is -3.72. The maximum Gasteiger partial charge on any atom is 0.481 e. The lowest BCUT2D eigenvalue weighted by molar-refractivity contribution is -0.765. The molecular formula is C26H35N8O18P2+. The number of phosphoric acid groups is 2. The van der Waals surface area contributed by atoms with Gasteiger partial charge in [-0.25, -0.2) is 24.1 Å². The van der Waals surface area contributed by atoms with Crippen LogP contribution in [0.3, 0.4) is 0 Å². The molecule has 28 heteroatoms. The minimum absolute atomic E-state index is 0.0186. The summed E-state index contributed by atoms with van der Waals surface area (Å²) in [5, 5.41) is 61.6. The summed E-state index contributed by atoms with van der Waals surface area (Å²) in [5.41, 5.74) is 15.9. The van der Waals surface area contributed by atoms with Gasteiger partial charge in [-0.2, -0.15) is 8.88 Å². The van der Waals surface area contributed by atoms with Crippen molar-refractivity contribution >= 4 is 50.3 Å². The summed E-state index contributed by atoms with van der Waals surface area (Å²) in [6, 6.07) is -0.620. The van der Waals surface area contributed by atoms with Gasteiger partial charge in [0.25, 0.3) is 12.1 Å². The van der Waals surface area contributed by atoms with E-state index in [1.165, 1.54) is 10.9 Å². The van der Waals surface area contributed by atoms with E-state index in [9.17, 15) is 58.8 Å². The molecule has 5 rings (SSSR count). The highest BCUT2D eigenvalue weighted by Gasteiger charge is 2.50. The van der Waals surface area contributed by atoms with Gasteiger partial charge in [0.2, 0.25) is 0 Å². The van der Waals surface area contributed by atoms with Gasteiger partial charge in [-0.1, -0.05) is 0 Å². The number of phosphoric ester groups is 2. The number of hydrogen-bond acceptors (Lipinski definition) is 20. The number of carbonyl (C=O) groups excluding carboxylic acids is 2. The lowest BCUT2D eigenvalue weighted by Crippen LogP contribution is -2.47. The Kier molecular flexibility index (Phi) is 12.2. The fraction of sp³-hybridized carbons (Fsp3) is 0.500. The molecule has 0 saturated carbocycles. The molecule has 2 aliphatic heterocycles. The number of anilines is 1. The molecule has 54 heavy (non-hydrogen) atoms. The number of aliphatic hydroxyl groups is 5. The summed E-state index contributed by atoms with van der Waals surface area (Å²) in [6.07, 6.45) is -11.5. The molecule has 2 aliphatic rings. The smallest absolute Gasteiger partial charge is 0.480 e. The fourth-order valence-corrected chi connectivity index (χ4v) is 7.58. The van der Waals surface area contributed by atoms with Gasteiger partial charge in [-0.3, -0.25) is 28.0 Å². The van der Waals surface area contributed by atoms with Crippen LogP contribution in [0.2, 0.25) is 0 Å². The van der Waals surface area contributed by atoms with Crippen molar-refractivity contribution in [3.63, 3.8) is 0 Å². The minimum Gasteiger partial charge on any atom is -0.480 e. The molecule has 0 aromatic carbocycles. The number of amides is 1. The Morgan fingerprint density at radius 2 is 1.57 bits per heavy atom. The average Bonchev–Trinajstić information content (AvgIpc) is 3.75. The summed E-state index contributed by atoms with van der Waals surface area (Å²) in [6.45, 7) is -2.01. The number of rotatable bonds is 16. The Balaban J connectivity index is 1.18. The van der Waals surface area contributed by atoms with Crippen LogP contribution in [-0.2, 0) is 41.6 Å². The van der Waals surface area contributed by atoms with Crippen LogP contribution >= 0.6 is 15.6 Å². The van der Waals surface area contributed by atoms with Crippen molar-refractivity contribution in [2.24, 2.45) is 11.5 Å². The Morgan fingerprint density at radius 3 is 2.19 bits per heavy atom. The summed E-state index contributed by atoms with van der Waals surface area (Å²) >= 11 is 0. The summed E-state index contributed by atoms with van der Waals surface area (Å²) in [4.78, 5) is 67.6. The van der Waals surface area contributed by atoms with Crippen LogP contribution in [0.25, 0.3) is 11.2 Å². The average molecular weight is 810 g/mol. The number of carbonyl (C=O) groups is 3. The number of ether oxygens (including phenoxy) is 2. The first kappa shape index (κ1) is 41.2. The van der Waals surface area contributed by atoms with Gasteiger partial charge in [0, 0.05) is 18.1 Å². The lowest BCUT2D eigenvalue weighted by atomic mass is 9.97. The van der Waals surface area contributed by atoms with Crippen molar-refractivity contribution in [2.45, 2.75) is 67.6 Å². The predicted octanol–water partition coefficient (Wildman–Crippen LogP) is -4.61. The molecule has 12 atom stereocenters. The van der Waals surface area contributed by atoms with E-state index in [0.717, 1.165) is 29.4 Å². The highest BCUT2D eigenvalue weighted by Crippen LogP contribution is 2.60. The van der Waals surface area contributed by atoms with E-state index >= 15 is 0 Å². The van der Waals surface area contributed by atoms with E-state index in [-0.39, 0.29) is 22.5 Å². The van der Waals surface area contributed by atoms with Crippen LogP contribution < -0.4 is 21.8 Å². The molecule has 14 N–H and O–H groups in total. The molecule has 26 nitrogen and oxygen atoms in total. The Bertz CT molecular complexity index is 2010. The van der Waals surface area contributed by atoms with E-state index in [1.807, 2.05) is 0 Å². The zero-order chi connectivity index (χ0) is 39.9. The largest absolute Gasteiger partial charge is 0.481 e. The van der Waals surface area contributed by atoms with E-state index in [1.54, 1.807) is 0 Å². The second-order valence-corrected chi connectivity index (χ2v) is 15.0. The van der Waals surface area contributed by atoms with Gasteiger partial charge in [0.05, 0.1) is 19.5 Å². The lowest BCUT2D eigenvalue weighted by Gasteiger charge is -2.20. The molecule has 0 spiro atoms. The first-order valence-corrected chi connectivity index (χ1v) is 18.4. The van der Waals surface area contributed by atoms with Gasteiger partial charge >= 0.3 is 21.6 Å². The van der Waals surface area contributed by atoms with E-state index < -0.39 is 120 Å². The van der Waals surface area contributed by atoms with E-state index in [4.69, 9.17) is 36.3 Å². The van der Waals surface area contributed by atoms with Crippen molar-refractivity contribution in [1.82, 2.24) is 19.5 Å². The van der Waals surface area contributed by atoms with Gasteiger partial charge in [0.15, 0.2) is 42.0 Å². The van der Waals surface area contributed by atoms with Crippen LogP contribution in [0.15, 0.2) is 31.1 Å². The Labute approximate surface area is 301 Å². The van der Waals surface area contributed by atoms with E-state index in [2.05, 4.69) is 23.8 Å². The molecule has 3 aromatic rings. The molecule has 3 aromatic heterocycles. The van der Waals surface area contributed by atoms with Crippen LogP contribution in [0.4, 0.5) is 5.82 Å².